The van der Waals surface area contributed by atoms with E-state index in [0.717, 1.165) is 26.2 Å². The fraction of sp³-hybridized carbons (Fsp3) is 0.818. The lowest BCUT2D eigenvalue weighted by atomic mass is 10.3. The number of amides is 1. The molecule has 0 aliphatic carbocycles. The maximum absolute atomic E-state index is 12.2. The highest BCUT2D eigenvalue weighted by Crippen LogP contribution is 2.05. The molecule has 0 N–H and O–H groups in total. The van der Waals surface area contributed by atoms with Crippen molar-refractivity contribution in [2.45, 2.75) is 0 Å². The van der Waals surface area contributed by atoms with Crippen molar-refractivity contribution in [1.29, 1.82) is 0 Å². The van der Waals surface area contributed by atoms with Gasteiger partial charge in [0.2, 0.25) is 0 Å². The number of thiocarbonyl (C=S) groups is 1. The molecule has 0 unspecified atom stereocenters. The van der Waals surface area contributed by atoms with Crippen LogP contribution in [0.1, 0.15) is 0 Å². The molecule has 0 saturated carbocycles. The van der Waals surface area contributed by atoms with E-state index in [1.165, 1.54) is 0 Å². The number of carbonyl (C=O) groups excluding carboxylic acids is 1. The highest BCUT2D eigenvalue weighted by atomic mass is 32.1. The number of hydrogen-bond acceptors (Lipinski definition) is 4. The Bertz CT molecular complexity index is 297. The topological polar surface area (TPSA) is 36.0 Å². The lowest BCUT2D eigenvalue weighted by Gasteiger charge is -2.35. The van der Waals surface area contributed by atoms with Gasteiger partial charge in [0, 0.05) is 39.3 Å². The molecule has 0 aromatic rings. The molecule has 0 radical (unpaired) electrons. The number of rotatable bonds is 0. The van der Waals surface area contributed by atoms with Crippen LogP contribution in [-0.4, -0.2) is 85.1 Å². The zero-order chi connectivity index (χ0) is 12.3. The van der Waals surface area contributed by atoms with Gasteiger partial charge in [-0.05, 0) is 7.05 Å². The number of morpholine rings is 1. The largest absolute Gasteiger partial charge is 0.378 e. The van der Waals surface area contributed by atoms with Crippen LogP contribution in [-0.2, 0) is 9.53 Å². The molecule has 2 heterocycles. The average Bonchev–Trinajstić information content (AvgIpc) is 2.39. The average molecular weight is 257 g/mol. The van der Waals surface area contributed by atoms with E-state index in [4.69, 9.17) is 17.0 Å². The summed E-state index contributed by atoms with van der Waals surface area (Å²) < 4.78 is 5.23. The molecule has 17 heavy (non-hydrogen) atoms. The van der Waals surface area contributed by atoms with Crippen molar-refractivity contribution in [1.82, 2.24) is 14.7 Å². The quantitative estimate of drug-likeness (QED) is 0.543. The van der Waals surface area contributed by atoms with Crippen LogP contribution in [0.5, 0.6) is 0 Å². The van der Waals surface area contributed by atoms with E-state index in [9.17, 15) is 4.79 Å². The van der Waals surface area contributed by atoms with E-state index in [-0.39, 0.29) is 5.91 Å². The predicted octanol–water partition coefficient (Wildman–Crippen LogP) is -0.580. The molecule has 2 aliphatic heterocycles. The maximum Gasteiger partial charge on any atom is 0.281 e. The Hall–Kier alpha value is -0.720. The summed E-state index contributed by atoms with van der Waals surface area (Å²) in [5.41, 5.74) is 0. The van der Waals surface area contributed by atoms with Crippen molar-refractivity contribution in [2.24, 2.45) is 0 Å². The Morgan fingerprint density at radius 1 is 1.00 bits per heavy atom. The lowest BCUT2D eigenvalue weighted by molar-refractivity contribution is -0.128. The zero-order valence-electron chi connectivity index (χ0n) is 10.2. The summed E-state index contributed by atoms with van der Waals surface area (Å²) in [4.78, 5) is 18.7. The van der Waals surface area contributed by atoms with Crippen LogP contribution in [0, 0.1) is 0 Å². The van der Waals surface area contributed by atoms with Crippen LogP contribution >= 0.6 is 12.2 Å². The number of piperazine rings is 1. The Labute approximate surface area is 107 Å². The van der Waals surface area contributed by atoms with Crippen LogP contribution in [0.4, 0.5) is 0 Å². The fourth-order valence-electron chi connectivity index (χ4n) is 2.05. The van der Waals surface area contributed by atoms with E-state index >= 15 is 0 Å². The van der Waals surface area contributed by atoms with E-state index in [1.807, 2.05) is 4.90 Å². The predicted molar refractivity (Wildman–Crippen MR) is 69.1 cm³/mol. The monoisotopic (exact) mass is 257 g/mol. The molecule has 96 valence electrons. The van der Waals surface area contributed by atoms with Crippen molar-refractivity contribution in [3.05, 3.63) is 0 Å². The van der Waals surface area contributed by atoms with Crippen molar-refractivity contribution in [3.63, 3.8) is 0 Å². The molecule has 0 atom stereocenters. The molecule has 2 aliphatic rings. The first-order valence-electron chi connectivity index (χ1n) is 6.03. The fourth-order valence-corrected chi connectivity index (χ4v) is 2.36. The van der Waals surface area contributed by atoms with Gasteiger partial charge < -0.3 is 19.4 Å². The van der Waals surface area contributed by atoms with Gasteiger partial charge in [-0.15, -0.1) is 0 Å². The molecule has 2 fully saturated rings. The van der Waals surface area contributed by atoms with Crippen LogP contribution in [0.3, 0.4) is 0 Å². The summed E-state index contributed by atoms with van der Waals surface area (Å²) >= 11 is 5.29. The third kappa shape index (κ3) is 3.14. The molecular weight excluding hydrogens is 238 g/mol. The molecule has 0 aromatic carbocycles. The molecule has 2 saturated heterocycles. The SMILES string of the molecule is CN1CCN(C(=S)C(=O)N2CCOCC2)CC1. The summed E-state index contributed by atoms with van der Waals surface area (Å²) in [5, 5.41) is 0. The molecule has 5 nitrogen and oxygen atoms in total. The first kappa shape index (κ1) is 12.7. The molecule has 0 bridgehead atoms. The van der Waals surface area contributed by atoms with Gasteiger partial charge >= 0.3 is 0 Å². The summed E-state index contributed by atoms with van der Waals surface area (Å²) in [6.45, 7) is 6.21. The molecule has 0 aromatic heterocycles. The molecule has 2 rings (SSSR count). The van der Waals surface area contributed by atoms with Gasteiger partial charge in [0.25, 0.3) is 5.91 Å². The third-order valence-corrected chi connectivity index (χ3v) is 3.70. The number of carbonyl (C=O) groups is 1. The summed E-state index contributed by atoms with van der Waals surface area (Å²) in [7, 11) is 2.09. The second kappa shape index (κ2) is 5.75. The molecule has 6 heteroatoms. The van der Waals surface area contributed by atoms with Gasteiger partial charge in [-0.25, -0.2) is 0 Å². The third-order valence-electron chi connectivity index (χ3n) is 3.27. The van der Waals surface area contributed by atoms with Crippen LogP contribution in [0.25, 0.3) is 0 Å². The number of likely N-dealkylation sites (N-methyl/N-ethyl adjacent to an activating group) is 1. The van der Waals surface area contributed by atoms with E-state index in [1.54, 1.807) is 4.90 Å². The van der Waals surface area contributed by atoms with Gasteiger partial charge in [0.1, 0.15) is 0 Å². The van der Waals surface area contributed by atoms with Gasteiger partial charge in [-0.2, -0.15) is 0 Å². The van der Waals surface area contributed by atoms with Gasteiger partial charge in [0.05, 0.1) is 13.2 Å². The van der Waals surface area contributed by atoms with Crippen LogP contribution in [0.15, 0.2) is 0 Å². The molecular formula is C11H19N3O2S. The normalized spacial score (nSPS) is 22.6. The number of hydrogen-bond donors (Lipinski definition) is 0. The smallest absolute Gasteiger partial charge is 0.281 e. The Kier molecular flexibility index (Phi) is 4.31. The lowest BCUT2D eigenvalue weighted by Crippen LogP contribution is -2.53. The minimum atomic E-state index is -0.00662. The van der Waals surface area contributed by atoms with Crippen molar-refractivity contribution in [2.75, 3.05) is 59.5 Å². The van der Waals surface area contributed by atoms with Gasteiger partial charge in [-0.1, -0.05) is 12.2 Å². The zero-order valence-corrected chi connectivity index (χ0v) is 11.0. The van der Waals surface area contributed by atoms with Crippen molar-refractivity contribution < 1.29 is 9.53 Å². The van der Waals surface area contributed by atoms with Crippen LogP contribution < -0.4 is 0 Å². The maximum atomic E-state index is 12.2. The second-order valence-electron chi connectivity index (χ2n) is 4.50. The van der Waals surface area contributed by atoms with E-state index in [2.05, 4.69) is 11.9 Å². The van der Waals surface area contributed by atoms with Crippen molar-refractivity contribution >= 4 is 23.1 Å². The highest BCUT2D eigenvalue weighted by Gasteiger charge is 2.26. The molecule has 1 amide bonds. The van der Waals surface area contributed by atoms with E-state index < -0.39 is 0 Å². The number of nitrogens with zero attached hydrogens (tertiary/aromatic N) is 3. The van der Waals surface area contributed by atoms with E-state index in [0.29, 0.717) is 31.3 Å². The minimum Gasteiger partial charge on any atom is -0.378 e. The Morgan fingerprint density at radius 2 is 1.59 bits per heavy atom. The minimum absolute atomic E-state index is 0.00662. The summed E-state index contributed by atoms with van der Waals surface area (Å²) in [6, 6.07) is 0. The van der Waals surface area contributed by atoms with Gasteiger partial charge in [-0.3, -0.25) is 4.79 Å². The first-order chi connectivity index (χ1) is 8.18. The second-order valence-corrected chi connectivity index (χ2v) is 4.89. The van der Waals surface area contributed by atoms with Gasteiger partial charge in [0.15, 0.2) is 4.99 Å². The number of ether oxygens (including phenoxy) is 1. The van der Waals surface area contributed by atoms with Crippen molar-refractivity contribution in [3.8, 4) is 0 Å². The Morgan fingerprint density at radius 3 is 2.18 bits per heavy atom. The summed E-state index contributed by atoms with van der Waals surface area (Å²) in [5.74, 6) is -0.00662. The standard InChI is InChI=1S/C11H19N3O2S/c1-12-2-4-14(5-3-12)11(17)10(15)13-6-8-16-9-7-13/h2-9H2,1H3. The Balaban J connectivity index is 1.88. The van der Waals surface area contributed by atoms with Crippen LogP contribution in [0.2, 0.25) is 0 Å². The highest BCUT2D eigenvalue weighted by molar-refractivity contribution is 7.81. The molecule has 0 spiro atoms. The first-order valence-corrected chi connectivity index (χ1v) is 6.44. The summed E-state index contributed by atoms with van der Waals surface area (Å²) in [6.07, 6.45) is 0.